The van der Waals surface area contributed by atoms with E-state index in [1.165, 1.54) is 36.4 Å². The van der Waals surface area contributed by atoms with E-state index in [0.717, 1.165) is 18.4 Å². The Kier molecular flexibility index (Phi) is 4.48. The van der Waals surface area contributed by atoms with Gasteiger partial charge in [-0.15, -0.1) is 0 Å². The van der Waals surface area contributed by atoms with Crippen molar-refractivity contribution in [3.63, 3.8) is 0 Å². The van der Waals surface area contributed by atoms with Crippen LogP contribution in [0.1, 0.15) is 28.8 Å². The standard InChI is InChI=1S/C21H18F2N2O2/c22-15-6-3-13(4-7-15)10-17-2-1-9-25(17)21(27)18-11-14-5-8-16(23)12-19(14)24-20(18)26/h3-8,11-12,17H,1-2,9-10H2,(H,24,26). The van der Waals surface area contributed by atoms with Crippen molar-refractivity contribution >= 4 is 16.8 Å². The number of nitrogens with one attached hydrogen (secondary N) is 1. The molecule has 1 atom stereocenters. The van der Waals surface area contributed by atoms with Gasteiger partial charge in [-0.25, -0.2) is 8.78 Å². The van der Waals surface area contributed by atoms with E-state index in [2.05, 4.69) is 4.98 Å². The summed E-state index contributed by atoms with van der Waals surface area (Å²) in [5.74, 6) is -1.07. The first-order chi connectivity index (χ1) is 13.0. The largest absolute Gasteiger partial charge is 0.335 e. The van der Waals surface area contributed by atoms with Gasteiger partial charge < -0.3 is 9.88 Å². The quantitative estimate of drug-likeness (QED) is 0.767. The lowest BCUT2D eigenvalue weighted by Crippen LogP contribution is -2.39. The first-order valence-electron chi connectivity index (χ1n) is 8.89. The number of aromatic nitrogens is 1. The molecule has 27 heavy (non-hydrogen) atoms. The van der Waals surface area contributed by atoms with Gasteiger partial charge in [0.25, 0.3) is 11.5 Å². The fourth-order valence-electron chi connectivity index (χ4n) is 3.69. The number of carbonyl (C=O) groups excluding carboxylic acids is 1. The number of fused-ring (bicyclic) bond motifs is 1. The third-order valence-corrected chi connectivity index (χ3v) is 5.06. The van der Waals surface area contributed by atoms with Crippen LogP contribution in [0.4, 0.5) is 8.78 Å². The Morgan fingerprint density at radius 1 is 1.07 bits per heavy atom. The van der Waals surface area contributed by atoms with Gasteiger partial charge >= 0.3 is 0 Å². The van der Waals surface area contributed by atoms with Crippen LogP contribution < -0.4 is 5.56 Å². The van der Waals surface area contributed by atoms with Gasteiger partial charge in [-0.1, -0.05) is 12.1 Å². The van der Waals surface area contributed by atoms with Crippen LogP contribution in [0, 0.1) is 11.6 Å². The highest BCUT2D eigenvalue weighted by Gasteiger charge is 2.30. The number of amides is 1. The third-order valence-electron chi connectivity index (χ3n) is 5.06. The molecule has 0 spiro atoms. The average molecular weight is 368 g/mol. The summed E-state index contributed by atoms with van der Waals surface area (Å²) in [5, 5.41) is 0.605. The number of likely N-dealkylation sites (tertiary alicyclic amines) is 1. The number of carbonyl (C=O) groups is 1. The second-order valence-corrected chi connectivity index (χ2v) is 6.87. The molecule has 4 nitrogen and oxygen atoms in total. The maximum Gasteiger partial charge on any atom is 0.261 e. The predicted octanol–water partition coefficient (Wildman–Crippen LogP) is 3.65. The molecule has 1 amide bonds. The van der Waals surface area contributed by atoms with Crippen molar-refractivity contribution in [1.29, 1.82) is 0 Å². The molecular weight excluding hydrogens is 350 g/mol. The van der Waals surface area contributed by atoms with Crippen LogP contribution in [0.3, 0.4) is 0 Å². The summed E-state index contributed by atoms with van der Waals surface area (Å²) in [4.78, 5) is 29.7. The van der Waals surface area contributed by atoms with Crippen LogP contribution in [-0.2, 0) is 6.42 Å². The summed E-state index contributed by atoms with van der Waals surface area (Å²) in [6.45, 7) is 0.575. The van der Waals surface area contributed by atoms with Gasteiger partial charge in [-0.3, -0.25) is 9.59 Å². The van der Waals surface area contributed by atoms with E-state index in [1.54, 1.807) is 17.0 Å². The molecule has 0 bridgehead atoms. The lowest BCUT2D eigenvalue weighted by atomic mass is 10.0. The molecular formula is C21H18F2N2O2. The summed E-state index contributed by atoms with van der Waals surface area (Å²) in [6, 6.07) is 11.8. The van der Waals surface area contributed by atoms with Crippen LogP contribution in [0.15, 0.2) is 53.3 Å². The molecule has 0 radical (unpaired) electrons. The lowest BCUT2D eigenvalue weighted by Gasteiger charge is -2.24. The number of rotatable bonds is 3. The van der Waals surface area contributed by atoms with Gasteiger partial charge in [0, 0.05) is 12.6 Å². The van der Waals surface area contributed by atoms with Gasteiger partial charge in [-0.2, -0.15) is 0 Å². The van der Waals surface area contributed by atoms with E-state index in [1.807, 2.05) is 0 Å². The van der Waals surface area contributed by atoms with Gasteiger partial charge in [0.1, 0.15) is 17.2 Å². The van der Waals surface area contributed by atoms with Crippen LogP contribution in [0.5, 0.6) is 0 Å². The molecule has 1 N–H and O–H groups in total. The van der Waals surface area contributed by atoms with Gasteiger partial charge in [0.2, 0.25) is 0 Å². The SMILES string of the molecule is O=C(c1cc2ccc(F)cc2[nH]c1=O)N1CCCC1Cc1ccc(F)cc1. The molecule has 1 fully saturated rings. The Labute approximate surface area is 154 Å². The molecule has 6 heteroatoms. The Balaban J connectivity index is 1.62. The minimum Gasteiger partial charge on any atom is -0.335 e. The molecule has 138 valence electrons. The minimum atomic E-state index is -0.523. The second-order valence-electron chi connectivity index (χ2n) is 6.87. The van der Waals surface area contributed by atoms with E-state index < -0.39 is 11.4 Å². The van der Waals surface area contributed by atoms with Crippen LogP contribution in [-0.4, -0.2) is 28.4 Å². The summed E-state index contributed by atoms with van der Waals surface area (Å²) in [6.07, 6.45) is 2.30. The highest BCUT2D eigenvalue weighted by atomic mass is 19.1. The maximum absolute atomic E-state index is 13.3. The lowest BCUT2D eigenvalue weighted by molar-refractivity contribution is 0.0735. The highest BCUT2D eigenvalue weighted by Crippen LogP contribution is 2.24. The van der Waals surface area contributed by atoms with Crippen molar-refractivity contribution in [3.05, 3.63) is 81.6 Å². The first kappa shape index (κ1) is 17.4. The number of hydrogen-bond donors (Lipinski definition) is 1. The van der Waals surface area contributed by atoms with Crippen LogP contribution in [0.2, 0.25) is 0 Å². The van der Waals surface area contributed by atoms with Crippen molar-refractivity contribution in [2.45, 2.75) is 25.3 Å². The van der Waals surface area contributed by atoms with E-state index in [-0.39, 0.29) is 23.3 Å². The molecule has 1 saturated heterocycles. The first-order valence-corrected chi connectivity index (χ1v) is 8.89. The normalized spacial score (nSPS) is 16.8. The Bertz CT molecular complexity index is 1060. The average Bonchev–Trinajstić information content (AvgIpc) is 3.10. The number of halogens is 2. The van der Waals surface area contributed by atoms with Crippen molar-refractivity contribution in [2.75, 3.05) is 6.54 Å². The third kappa shape index (κ3) is 3.47. The molecule has 2 aromatic carbocycles. The Morgan fingerprint density at radius 3 is 2.59 bits per heavy atom. The monoisotopic (exact) mass is 368 g/mol. The van der Waals surface area contributed by atoms with E-state index in [4.69, 9.17) is 0 Å². The summed E-state index contributed by atoms with van der Waals surface area (Å²) in [7, 11) is 0. The maximum atomic E-state index is 13.3. The van der Waals surface area contributed by atoms with E-state index in [9.17, 15) is 18.4 Å². The topological polar surface area (TPSA) is 53.2 Å². The summed E-state index contributed by atoms with van der Waals surface area (Å²) < 4.78 is 26.4. The number of pyridine rings is 1. The predicted molar refractivity (Wildman–Crippen MR) is 98.7 cm³/mol. The molecule has 1 aromatic heterocycles. The smallest absolute Gasteiger partial charge is 0.261 e. The molecule has 0 saturated carbocycles. The fraction of sp³-hybridized carbons (Fsp3) is 0.238. The minimum absolute atomic E-state index is 0.0359. The van der Waals surface area contributed by atoms with E-state index >= 15 is 0 Å². The van der Waals surface area contributed by atoms with Crippen molar-refractivity contribution in [3.8, 4) is 0 Å². The zero-order chi connectivity index (χ0) is 19.0. The molecule has 3 aromatic rings. The van der Waals surface area contributed by atoms with Gasteiger partial charge in [-0.05, 0) is 66.6 Å². The number of benzene rings is 2. The van der Waals surface area contributed by atoms with E-state index in [0.29, 0.717) is 23.9 Å². The number of hydrogen-bond acceptors (Lipinski definition) is 2. The van der Waals surface area contributed by atoms with Crippen LogP contribution >= 0.6 is 0 Å². The zero-order valence-electron chi connectivity index (χ0n) is 14.5. The number of H-pyrrole nitrogens is 1. The molecule has 1 aliphatic rings. The molecule has 2 heterocycles. The van der Waals surface area contributed by atoms with Crippen molar-refractivity contribution in [2.24, 2.45) is 0 Å². The summed E-state index contributed by atoms with van der Waals surface area (Å²) >= 11 is 0. The number of nitrogens with zero attached hydrogens (tertiary/aromatic N) is 1. The molecule has 0 aliphatic carbocycles. The molecule has 4 rings (SSSR count). The molecule has 1 aliphatic heterocycles. The van der Waals surface area contributed by atoms with Crippen molar-refractivity contribution < 1.29 is 13.6 Å². The van der Waals surface area contributed by atoms with Crippen LogP contribution in [0.25, 0.3) is 10.9 Å². The summed E-state index contributed by atoms with van der Waals surface area (Å²) in [5.41, 5.74) is 0.843. The van der Waals surface area contributed by atoms with Crippen molar-refractivity contribution in [1.82, 2.24) is 9.88 Å². The molecule has 1 unspecified atom stereocenters. The zero-order valence-corrected chi connectivity index (χ0v) is 14.5. The van der Waals surface area contributed by atoms with Gasteiger partial charge in [0.05, 0.1) is 5.52 Å². The Hall–Kier alpha value is -3.02. The highest BCUT2D eigenvalue weighted by molar-refractivity contribution is 5.97. The van der Waals surface area contributed by atoms with Gasteiger partial charge in [0.15, 0.2) is 0 Å². The fourth-order valence-corrected chi connectivity index (χ4v) is 3.69. The number of aromatic amines is 1. The Morgan fingerprint density at radius 2 is 1.81 bits per heavy atom. The second kappa shape index (κ2) is 6.95.